The number of nitrogens with zero attached hydrogens (tertiary/aromatic N) is 3. The summed E-state index contributed by atoms with van der Waals surface area (Å²) in [7, 11) is 0. The zero-order valence-corrected chi connectivity index (χ0v) is 21.0. The van der Waals surface area contributed by atoms with Crippen molar-refractivity contribution in [2.24, 2.45) is 10.7 Å². The molecule has 0 fully saturated rings. The fourth-order valence-corrected chi connectivity index (χ4v) is 3.43. The summed E-state index contributed by atoms with van der Waals surface area (Å²) < 4.78 is 5.28. The third kappa shape index (κ3) is 7.27. The molecule has 184 valence electrons. The number of carbonyl (C=O) groups is 2. The second-order valence-corrected chi connectivity index (χ2v) is 9.78. The first kappa shape index (κ1) is 26.8. The Kier molecular flexibility index (Phi) is 9.13. The Labute approximate surface area is 203 Å². The van der Waals surface area contributed by atoms with Crippen molar-refractivity contribution in [3.8, 4) is 0 Å². The molecule has 0 aliphatic rings. The van der Waals surface area contributed by atoms with Gasteiger partial charge < -0.3 is 26.0 Å². The zero-order valence-electron chi connectivity index (χ0n) is 20.1. The van der Waals surface area contributed by atoms with Gasteiger partial charge in [-0.05, 0) is 19.8 Å². The van der Waals surface area contributed by atoms with Gasteiger partial charge in [0.05, 0.1) is 17.9 Å². The predicted molar refractivity (Wildman–Crippen MR) is 133 cm³/mol. The molecule has 0 spiro atoms. The van der Waals surface area contributed by atoms with Crippen LogP contribution in [0.15, 0.2) is 45.5 Å². The van der Waals surface area contributed by atoms with E-state index in [1.165, 1.54) is 6.20 Å². The molecule has 0 saturated carbocycles. The average Bonchev–Trinajstić information content (AvgIpc) is 3.43. The number of amides is 2. The Morgan fingerprint density at radius 1 is 1.41 bits per heavy atom. The number of aliphatic imine (C=N–C) groups is 1. The summed E-state index contributed by atoms with van der Waals surface area (Å²) in [6.45, 7) is 13.1. The molecule has 0 aliphatic heterocycles. The van der Waals surface area contributed by atoms with Crippen molar-refractivity contribution in [1.29, 1.82) is 0 Å². The lowest BCUT2D eigenvalue weighted by atomic mass is 9.93. The number of thiazole rings is 1. The Morgan fingerprint density at radius 3 is 2.71 bits per heavy atom. The molecule has 11 heteroatoms. The average molecular weight is 489 g/mol. The van der Waals surface area contributed by atoms with Crippen LogP contribution in [0.2, 0.25) is 0 Å². The van der Waals surface area contributed by atoms with Crippen molar-refractivity contribution in [2.75, 3.05) is 5.32 Å². The lowest BCUT2D eigenvalue weighted by Gasteiger charge is -2.12. The van der Waals surface area contributed by atoms with E-state index in [9.17, 15) is 14.7 Å². The van der Waals surface area contributed by atoms with Gasteiger partial charge in [-0.25, -0.2) is 4.98 Å². The Morgan fingerprint density at radius 2 is 2.12 bits per heavy atom. The third-order valence-corrected chi connectivity index (χ3v) is 5.79. The number of hydrogen-bond donors (Lipinski definition) is 4. The highest BCUT2D eigenvalue weighted by molar-refractivity contribution is 7.13. The van der Waals surface area contributed by atoms with Gasteiger partial charge in [-0.2, -0.15) is 0 Å². The number of rotatable bonds is 10. The van der Waals surface area contributed by atoms with Crippen molar-refractivity contribution in [2.45, 2.75) is 65.3 Å². The highest BCUT2D eigenvalue weighted by Gasteiger charge is 2.23. The number of aliphatic hydroxyl groups excluding tert-OH is 1. The largest absolute Gasteiger partial charge is 0.504 e. The van der Waals surface area contributed by atoms with Gasteiger partial charge in [0.15, 0.2) is 17.3 Å². The number of nitrogens with two attached hydrogens (primary N) is 1. The minimum atomic E-state index is -0.636. The molecule has 2 rings (SSSR count). The van der Waals surface area contributed by atoms with Gasteiger partial charge in [0, 0.05) is 17.7 Å². The van der Waals surface area contributed by atoms with E-state index < -0.39 is 23.6 Å². The fourth-order valence-electron chi connectivity index (χ4n) is 2.62. The standard InChI is InChI=1S/C23H32N6O4S/c1-7-8-9-10-25-18(19(30)13(2)24)21(32)27-14(3)22-26-12-15(34-22)20(31)28-17-11-16(33-29-17)23(4,5)6/h10-12,14,30H,2,7-9,24H2,1,3-6H3,(H,27,32)(H,28,29,31)/b19-18+,25-10-. The van der Waals surface area contributed by atoms with Crippen LogP contribution in [0.4, 0.5) is 5.82 Å². The van der Waals surface area contributed by atoms with E-state index in [4.69, 9.17) is 10.3 Å². The first-order valence-electron chi connectivity index (χ1n) is 10.9. The first-order valence-corrected chi connectivity index (χ1v) is 11.7. The molecule has 10 nitrogen and oxygen atoms in total. The zero-order chi connectivity index (χ0) is 25.5. The summed E-state index contributed by atoms with van der Waals surface area (Å²) in [6.07, 6.45) is 5.50. The number of hydrogen-bond acceptors (Lipinski definition) is 9. The summed E-state index contributed by atoms with van der Waals surface area (Å²) in [5.74, 6) is -0.566. The normalized spacial score (nSPS) is 13.4. The molecule has 2 heterocycles. The second kappa shape index (κ2) is 11.6. The Bertz CT molecular complexity index is 1090. The van der Waals surface area contributed by atoms with Crippen LogP contribution in [0.1, 0.15) is 80.4 Å². The molecule has 0 aromatic carbocycles. The number of aromatic nitrogens is 2. The number of nitrogens with one attached hydrogen (secondary N) is 2. The fraction of sp³-hybridized carbons (Fsp3) is 0.435. The van der Waals surface area contributed by atoms with E-state index >= 15 is 0 Å². The predicted octanol–water partition coefficient (Wildman–Crippen LogP) is 4.36. The van der Waals surface area contributed by atoms with Crippen LogP contribution >= 0.6 is 11.3 Å². The van der Waals surface area contributed by atoms with Crippen LogP contribution in [0, 0.1) is 0 Å². The molecule has 1 atom stereocenters. The van der Waals surface area contributed by atoms with E-state index in [-0.39, 0.29) is 16.8 Å². The van der Waals surface area contributed by atoms with Crippen molar-refractivity contribution in [3.05, 3.63) is 51.6 Å². The van der Waals surface area contributed by atoms with Crippen molar-refractivity contribution >= 4 is 35.2 Å². The van der Waals surface area contributed by atoms with Crippen LogP contribution in [0.5, 0.6) is 0 Å². The van der Waals surface area contributed by atoms with Gasteiger partial charge in [0.25, 0.3) is 11.8 Å². The molecule has 2 aromatic rings. The van der Waals surface area contributed by atoms with Crippen LogP contribution < -0.4 is 16.4 Å². The monoisotopic (exact) mass is 488 g/mol. The lowest BCUT2D eigenvalue weighted by molar-refractivity contribution is -0.118. The Balaban J connectivity index is 2.09. The van der Waals surface area contributed by atoms with Gasteiger partial charge in [-0.15, -0.1) is 11.3 Å². The maximum absolute atomic E-state index is 12.7. The van der Waals surface area contributed by atoms with E-state index in [2.05, 4.69) is 32.3 Å². The van der Waals surface area contributed by atoms with Gasteiger partial charge in [-0.1, -0.05) is 45.9 Å². The number of carbonyl (C=O) groups excluding carboxylic acids is 2. The second-order valence-electron chi connectivity index (χ2n) is 8.71. The lowest BCUT2D eigenvalue weighted by Crippen LogP contribution is -2.28. The molecule has 0 radical (unpaired) electrons. The minimum absolute atomic E-state index is 0.166. The highest BCUT2D eigenvalue weighted by Crippen LogP contribution is 2.26. The van der Waals surface area contributed by atoms with Crippen LogP contribution in [0.3, 0.4) is 0 Å². The summed E-state index contributed by atoms with van der Waals surface area (Å²) in [6, 6.07) is 1.12. The highest BCUT2D eigenvalue weighted by atomic mass is 32.1. The smallest absolute Gasteiger partial charge is 0.274 e. The molecule has 2 amide bonds. The van der Waals surface area contributed by atoms with Gasteiger partial charge in [0.1, 0.15) is 15.6 Å². The summed E-state index contributed by atoms with van der Waals surface area (Å²) in [5.41, 5.74) is 4.92. The molecule has 2 aromatic heterocycles. The van der Waals surface area contributed by atoms with E-state index in [0.29, 0.717) is 27.9 Å². The molecule has 0 saturated heterocycles. The summed E-state index contributed by atoms with van der Waals surface area (Å²) in [5, 5.41) is 19.9. The van der Waals surface area contributed by atoms with Gasteiger partial charge in [0.2, 0.25) is 0 Å². The van der Waals surface area contributed by atoms with E-state index in [0.717, 1.165) is 24.2 Å². The van der Waals surface area contributed by atoms with Crippen molar-refractivity contribution in [3.63, 3.8) is 0 Å². The van der Waals surface area contributed by atoms with E-state index in [1.54, 1.807) is 19.2 Å². The number of aliphatic hydroxyl groups is 1. The van der Waals surface area contributed by atoms with Crippen LogP contribution in [-0.4, -0.2) is 33.3 Å². The van der Waals surface area contributed by atoms with Crippen LogP contribution in [0.25, 0.3) is 0 Å². The maximum atomic E-state index is 12.7. The summed E-state index contributed by atoms with van der Waals surface area (Å²) >= 11 is 1.12. The number of unbranched alkanes of at least 4 members (excludes halogenated alkanes) is 2. The molecule has 0 bridgehead atoms. The third-order valence-electron chi connectivity index (χ3n) is 4.61. The van der Waals surface area contributed by atoms with Crippen LogP contribution in [-0.2, 0) is 10.2 Å². The SMILES string of the molecule is C=C(N)/C(O)=C(\N=C/CCCC)C(=O)NC(C)c1ncc(C(=O)Nc2cc(C(C)(C)C)on2)s1. The maximum Gasteiger partial charge on any atom is 0.274 e. The van der Waals surface area contributed by atoms with Gasteiger partial charge in [-0.3, -0.25) is 14.6 Å². The quantitative estimate of drug-likeness (QED) is 0.127. The molecule has 1 unspecified atom stereocenters. The molecular formula is C23H32N6O4S. The molecule has 5 N–H and O–H groups in total. The van der Waals surface area contributed by atoms with Crippen molar-refractivity contribution in [1.82, 2.24) is 15.5 Å². The topological polar surface area (TPSA) is 156 Å². The minimum Gasteiger partial charge on any atom is -0.504 e. The summed E-state index contributed by atoms with van der Waals surface area (Å²) in [4.78, 5) is 34.0. The molecular weight excluding hydrogens is 456 g/mol. The Hall–Kier alpha value is -3.47. The van der Waals surface area contributed by atoms with E-state index in [1.807, 2.05) is 27.7 Å². The van der Waals surface area contributed by atoms with Gasteiger partial charge >= 0.3 is 0 Å². The molecule has 34 heavy (non-hydrogen) atoms. The van der Waals surface area contributed by atoms with Crippen molar-refractivity contribution < 1.29 is 19.2 Å². The molecule has 0 aliphatic carbocycles. The first-order chi connectivity index (χ1) is 15.9. The number of anilines is 1.